The van der Waals surface area contributed by atoms with E-state index in [-0.39, 0.29) is 12.0 Å². The largest absolute Gasteiger partial charge is 0.433 e. The molecule has 1 atom stereocenters. The van der Waals surface area contributed by atoms with Gasteiger partial charge in [0.1, 0.15) is 5.69 Å². The molecule has 0 bridgehead atoms. The molecule has 148 valence electrons. The zero-order valence-electron chi connectivity index (χ0n) is 15.8. The lowest BCUT2D eigenvalue weighted by molar-refractivity contribution is -0.141. The number of halogens is 3. The fraction of sp³-hybridized carbons (Fsp3) is 0.400. The van der Waals surface area contributed by atoms with Crippen LogP contribution in [0.25, 0.3) is 10.9 Å². The third-order valence-electron chi connectivity index (χ3n) is 5.42. The number of nitrogens with zero attached hydrogens (tertiary/aromatic N) is 5. The van der Waals surface area contributed by atoms with E-state index in [4.69, 9.17) is 0 Å². The van der Waals surface area contributed by atoms with Gasteiger partial charge in [0.15, 0.2) is 0 Å². The zero-order valence-corrected chi connectivity index (χ0v) is 15.8. The molecule has 8 heteroatoms. The van der Waals surface area contributed by atoms with Crippen molar-refractivity contribution in [3.8, 4) is 0 Å². The number of hydrogen-bond acceptors (Lipinski definition) is 4. The van der Waals surface area contributed by atoms with Gasteiger partial charge in [-0.3, -0.25) is 4.90 Å². The van der Waals surface area contributed by atoms with Crippen LogP contribution in [-0.4, -0.2) is 45.6 Å². The number of likely N-dealkylation sites (N-methyl/N-ethyl adjacent to an activating group) is 1. The molecule has 1 aliphatic heterocycles. The van der Waals surface area contributed by atoms with Crippen LogP contribution in [0.3, 0.4) is 0 Å². The third-order valence-corrected chi connectivity index (χ3v) is 5.42. The predicted octanol–water partition coefficient (Wildman–Crippen LogP) is 3.70. The second-order valence-corrected chi connectivity index (χ2v) is 7.31. The van der Waals surface area contributed by atoms with E-state index < -0.39 is 11.9 Å². The molecule has 1 unspecified atom stereocenters. The second kappa shape index (κ2) is 7.09. The van der Waals surface area contributed by atoms with E-state index in [0.717, 1.165) is 32.1 Å². The summed E-state index contributed by atoms with van der Waals surface area (Å²) in [6.45, 7) is 2.46. The molecule has 2 aromatic heterocycles. The predicted molar refractivity (Wildman–Crippen MR) is 102 cm³/mol. The van der Waals surface area contributed by atoms with Crippen LogP contribution in [0.2, 0.25) is 0 Å². The first kappa shape index (κ1) is 18.7. The lowest BCUT2D eigenvalue weighted by Gasteiger charge is -2.25. The number of para-hydroxylation sites is 1. The number of aryl methyl sites for hydroxylation is 1. The molecule has 28 heavy (non-hydrogen) atoms. The highest BCUT2D eigenvalue weighted by Gasteiger charge is 2.34. The topological polar surface area (TPSA) is 37.2 Å². The first-order valence-electron chi connectivity index (χ1n) is 9.21. The summed E-state index contributed by atoms with van der Waals surface area (Å²) in [4.78, 5) is 11.8. The lowest BCUT2D eigenvalue weighted by Crippen LogP contribution is -2.35. The van der Waals surface area contributed by atoms with Crippen LogP contribution in [0.5, 0.6) is 0 Å². The van der Waals surface area contributed by atoms with Crippen molar-refractivity contribution in [2.24, 2.45) is 7.05 Å². The Bertz CT molecular complexity index is 981. The Hall–Kier alpha value is -2.61. The summed E-state index contributed by atoms with van der Waals surface area (Å²) < 4.78 is 40.9. The molecule has 3 heterocycles. The van der Waals surface area contributed by atoms with Gasteiger partial charge in [-0.25, -0.2) is 9.97 Å². The van der Waals surface area contributed by atoms with Crippen molar-refractivity contribution < 1.29 is 13.2 Å². The van der Waals surface area contributed by atoms with Crippen LogP contribution < -0.4 is 4.90 Å². The molecule has 0 radical (unpaired) electrons. The molecule has 3 aromatic rings. The van der Waals surface area contributed by atoms with Crippen molar-refractivity contribution in [1.82, 2.24) is 19.4 Å². The highest BCUT2D eigenvalue weighted by molar-refractivity contribution is 5.83. The Morgan fingerprint density at radius 1 is 1.21 bits per heavy atom. The molecule has 1 aromatic carbocycles. The maximum Gasteiger partial charge on any atom is 0.433 e. The van der Waals surface area contributed by atoms with Crippen molar-refractivity contribution in [2.45, 2.75) is 25.2 Å². The smallest absolute Gasteiger partial charge is 0.350 e. The fourth-order valence-corrected chi connectivity index (χ4v) is 3.90. The number of rotatable bonds is 4. The first-order chi connectivity index (χ1) is 13.3. The van der Waals surface area contributed by atoms with Crippen molar-refractivity contribution in [3.63, 3.8) is 0 Å². The normalized spacial score (nSPS) is 18.1. The number of anilines is 1. The maximum absolute atomic E-state index is 12.9. The molecular weight excluding hydrogens is 367 g/mol. The van der Waals surface area contributed by atoms with E-state index in [0.29, 0.717) is 0 Å². The van der Waals surface area contributed by atoms with Crippen LogP contribution in [0.1, 0.15) is 17.7 Å². The Balaban J connectivity index is 1.47. The summed E-state index contributed by atoms with van der Waals surface area (Å²) in [7, 11) is 3.80. The number of likely N-dealkylation sites (tertiary alicyclic amines) is 1. The molecule has 0 spiro atoms. The van der Waals surface area contributed by atoms with Crippen molar-refractivity contribution >= 4 is 16.9 Å². The monoisotopic (exact) mass is 389 g/mol. The molecule has 0 saturated carbocycles. The van der Waals surface area contributed by atoms with Gasteiger partial charge in [0.25, 0.3) is 0 Å². The zero-order chi connectivity index (χ0) is 19.9. The summed E-state index contributed by atoms with van der Waals surface area (Å²) >= 11 is 0. The molecule has 4 rings (SSSR count). The molecule has 0 N–H and O–H groups in total. The molecule has 1 aliphatic rings. The SMILES string of the molecule is CN(c1nccc(C(F)(F)F)n1)C1CCN(Cc2cn(C)c3ccccc23)C1. The van der Waals surface area contributed by atoms with E-state index in [1.807, 2.05) is 19.2 Å². The van der Waals surface area contributed by atoms with Gasteiger partial charge in [-0.1, -0.05) is 18.2 Å². The summed E-state index contributed by atoms with van der Waals surface area (Å²) in [5, 5.41) is 1.24. The Kier molecular flexibility index (Phi) is 4.74. The molecule has 1 saturated heterocycles. The van der Waals surface area contributed by atoms with Crippen LogP contribution >= 0.6 is 0 Å². The minimum atomic E-state index is -4.46. The Morgan fingerprint density at radius 2 is 2.00 bits per heavy atom. The summed E-state index contributed by atoms with van der Waals surface area (Å²) in [6.07, 6.45) is -0.280. The van der Waals surface area contributed by atoms with Gasteiger partial charge in [-0.15, -0.1) is 0 Å². The Labute approximate surface area is 161 Å². The number of hydrogen-bond donors (Lipinski definition) is 0. The van der Waals surface area contributed by atoms with Crippen LogP contribution in [-0.2, 0) is 19.8 Å². The summed E-state index contributed by atoms with van der Waals surface area (Å²) in [5.41, 5.74) is 1.55. The van der Waals surface area contributed by atoms with Gasteiger partial charge in [-0.2, -0.15) is 13.2 Å². The minimum absolute atomic E-state index is 0.0819. The van der Waals surface area contributed by atoms with Gasteiger partial charge in [0.05, 0.1) is 0 Å². The lowest BCUT2D eigenvalue weighted by atomic mass is 10.1. The van der Waals surface area contributed by atoms with Crippen LogP contribution in [0.4, 0.5) is 19.1 Å². The van der Waals surface area contributed by atoms with Gasteiger partial charge < -0.3 is 9.47 Å². The van der Waals surface area contributed by atoms with E-state index in [2.05, 4.69) is 37.8 Å². The molecule has 0 aliphatic carbocycles. The average Bonchev–Trinajstić information content (AvgIpc) is 3.26. The maximum atomic E-state index is 12.9. The van der Waals surface area contributed by atoms with E-state index in [1.165, 1.54) is 22.7 Å². The summed E-state index contributed by atoms with van der Waals surface area (Å²) in [6, 6.07) is 9.28. The first-order valence-corrected chi connectivity index (χ1v) is 9.21. The van der Waals surface area contributed by atoms with Crippen molar-refractivity contribution in [1.29, 1.82) is 0 Å². The van der Waals surface area contributed by atoms with Crippen LogP contribution in [0, 0.1) is 0 Å². The number of aromatic nitrogens is 3. The second-order valence-electron chi connectivity index (χ2n) is 7.31. The number of benzene rings is 1. The Morgan fingerprint density at radius 3 is 2.79 bits per heavy atom. The van der Waals surface area contributed by atoms with Crippen molar-refractivity contribution in [2.75, 3.05) is 25.0 Å². The standard InChI is InChI=1S/C20H22F3N5/c1-26-11-14(16-5-3-4-6-17(16)26)12-28-10-8-15(13-28)27(2)19-24-9-7-18(25-19)20(21,22)23/h3-7,9,11,15H,8,10,12-13H2,1-2H3. The molecule has 5 nitrogen and oxygen atoms in total. The van der Waals surface area contributed by atoms with Gasteiger partial charge in [0.2, 0.25) is 5.95 Å². The highest BCUT2D eigenvalue weighted by Crippen LogP contribution is 2.29. The third kappa shape index (κ3) is 3.56. The fourth-order valence-electron chi connectivity index (χ4n) is 3.90. The van der Waals surface area contributed by atoms with Crippen LogP contribution in [0.15, 0.2) is 42.7 Å². The molecule has 0 amide bonds. The van der Waals surface area contributed by atoms with Gasteiger partial charge >= 0.3 is 6.18 Å². The van der Waals surface area contributed by atoms with Gasteiger partial charge in [-0.05, 0) is 24.1 Å². The van der Waals surface area contributed by atoms with E-state index in [9.17, 15) is 13.2 Å². The van der Waals surface area contributed by atoms with E-state index in [1.54, 1.807) is 11.9 Å². The minimum Gasteiger partial charge on any atom is -0.350 e. The van der Waals surface area contributed by atoms with E-state index >= 15 is 0 Å². The number of fused-ring (bicyclic) bond motifs is 1. The van der Waals surface area contributed by atoms with Crippen molar-refractivity contribution in [3.05, 3.63) is 54.0 Å². The number of alkyl halides is 3. The average molecular weight is 389 g/mol. The molecule has 1 fully saturated rings. The molecular formula is C20H22F3N5. The highest BCUT2D eigenvalue weighted by atomic mass is 19.4. The summed E-state index contributed by atoms with van der Waals surface area (Å²) in [5.74, 6) is 0.117. The quantitative estimate of drug-likeness (QED) is 0.682. The van der Waals surface area contributed by atoms with Gasteiger partial charge in [0, 0.05) is 63.1 Å².